The average molecular weight is 327 g/mol. The summed E-state index contributed by atoms with van der Waals surface area (Å²) in [4.78, 5) is 1.93. The first-order chi connectivity index (χ1) is 10.7. The van der Waals surface area contributed by atoms with Gasteiger partial charge in [-0.3, -0.25) is 0 Å². The summed E-state index contributed by atoms with van der Waals surface area (Å²) < 4.78 is 34.1. The molecule has 1 aliphatic heterocycles. The van der Waals surface area contributed by atoms with Crippen molar-refractivity contribution in [1.29, 1.82) is 0 Å². The van der Waals surface area contributed by atoms with Crippen LogP contribution in [0.3, 0.4) is 0 Å². The lowest BCUT2D eigenvalue weighted by Gasteiger charge is -2.14. The van der Waals surface area contributed by atoms with E-state index in [9.17, 15) is 8.78 Å². The molecule has 0 unspecified atom stereocenters. The zero-order chi connectivity index (χ0) is 15.5. The first-order valence-electron chi connectivity index (χ1n) is 6.82. The van der Waals surface area contributed by atoms with Gasteiger partial charge in [-0.1, -0.05) is 11.3 Å². The molecule has 0 aliphatic carbocycles. The van der Waals surface area contributed by atoms with Crippen molar-refractivity contribution in [1.82, 2.24) is 10.2 Å². The Bertz CT molecular complexity index is 621. The van der Waals surface area contributed by atoms with Crippen molar-refractivity contribution < 1.29 is 18.3 Å². The van der Waals surface area contributed by atoms with Crippen LogP contribution in [-0.2, 0) is 4.74 Å². The second-order valence-electron chi connectivity index (χ2n) is 4.87. The Balaban J connectivity index is 1.68. The summed E-state index contributed by atoms with van der Waals surface area (Å²) in [6.07, 6.45) is 0.121. The topological polar surface area (TPSA) is 47.5 Å². The van der Waals surface area contributed by atoms with Crippen LogP contribution in [0.1, 0.15) is 6.42 Å². The van der Waals surface area contributed by atoms with Crippen molar-refractivity contribution in [3.63, 3.8) is 0 Å². The Kier molecular flexibility index (Phi) is 4.49. The lowest BCUT2D eigenvalue weighted by molar-refractivity contribution is -0.156. The van der Waals surface area contributed by atoms with Gasteiger partial charge in [0.15, 0.2) is 0 Å². The highest BCUT2D eigenvalue weighted by Gasteiger charge is 2.28. The van der Waals surface area contributed by atoms with Gasteiger partial charge in [-0.25, -0.2) is 0 Å². The van der Waals surface area contributed by atoms with Crippen LogP contribution in [0.25, 0.3) is 10.6 Å². The van der Waals surface area contributed by atoms with E-state index in [2.05, 4.69) is 14.9 Å². The van der Waals surface area contributed by atoms with Crippen molar-refractivity contribution in [3.8, 4) is 16.3 Å². The predicted molar refractivity (Wildman–Crippen MR) is 79.6 cm³/mol. The fourth-order valence-corrected chi connectivity index (χ4v) is 3.24. The largest absolute Gasteiger partial charge is 0.497 e. The fourth-order valence-electron chi connectivity index (χ4n) is 2.35. The predicted octanol–water partition coefficient (Wildman–Crippen LogP) is 3.03. The van der Waals surface area contributed by atoms with E-state index >= 15 is 0 Å². The molecule has 1 aliphatic rings. The molecule has 1 fully saturated rings. The summed E-state index contributed by atoms with van der Waals surface area (Å²) in [7, 11) is 1.61. The molecule has 1 atom stereocenters. The van der Waals surface area contributed by atoms with Crippen molar-refractivity contribution in [2.24, 2.45) is 0 Å². The number of ether oxygens (including phenoxy) is 2. The van der Waals surface area contributed by atoms with E-state index in [0.29, 0.717) is 19.5 Å². The standard InChI is InChI=1S/C14H15F2N3O2S/c1-20-10-4-2-9(3-5-10)12-17-18-14(22-12)19-7-6-11(8-19)21-13(15)16/h2-5,11,13H,6-8H2,1H3/t11-/m0/s1. The molecule has 2 heterocycles. The van der Waals surface area contributed by atoms with Crippen LogP contribution in [0, 0.1) is 0 Å². The van der Waals surface area contributed by atoms with Gasteiger partial charge in [0.25, 0.3) is 0 Å². The van der Waals surface area contributed by atoms with Gasteiger partial charge in [0.1, 0.15) is 10.8 Å². The molecule has 118 valence electrons. The van der Waals surface area contributed by atoms with Gasteiger partial charge in [0.2, 0.25) is 5.13 Å². The van der Waals surface area contributed by atoms with Crippen LogP contribution in [0.4, 0.5) is 13.9 Å². The minimum Gasteiger partial charge on any atom is -0.497 e. The lowest BCUT2D eigenvalue weighted by atomic mass is 10.2. The summed E-state index contributed by atoms with van der Waals surface area (Å²) >= 11 is 1.44. The molecule has 0 bridgehead atoms. The third kappa shape index (κ3) is 3.33. The number of hydrogen-bond acceptors (Lipinski definition) is 6. The van der Waals surface area contributed by atoms with Gasteiger partial charge in [-0.15, -0.1) is 10.2 Å². The second kappa shape index (κ2) is 6.53. The smallest absolute Gasteiger partial charge is 0.345 e. The molecule has 3 rings (SSSR count). The maximum atomic E-state index is 12.2. The second-order valence-corrected chi connectivity index (χ2v) is 5.83. The lowest BCUT2D eigenvalue weighted by Crippen LogP contribution is -2.23. The van der Waals surface area contributed by atoms with Gasteiger partial charge in [0, 0.05) is 18.7 Å². The van der Waals surface area contributed by atoms with E-state index < -0.39 is 12.7 Å². The highest BCUT2D eigenvalue weighted by molar-refractivity contribution is 7.18. The Labute approximate surface area is 130 Å². The van der Waals surface area contributed by atoms with Crippen molar-refractivity contribution in [2.75, 3.05) is 25.1 Å². The highest BCUT2D eigenvalue weighted by Crippen LogP contribution is 2.31. The Hall–Kier alpha value is -1.80. The third-order valence-corrected chi connectivity index (χ3v) is 4.50. The van der Waals surface area contributed by atoms with E-state index in [4.69, 9.17) is 4.74 Å². The first-order valence-corrected chi connectivity index (χ1v) is 7.64. The summed E-state index contributed by atoms with van der Waals surface area (Å²) in [6, 6.07) is 7.54. The van der Waals surface area contributed by atoms with Crippen LogP contribution in [0.15, 0.2) is 24.3 Å². The van der Waals surface area contributed by atoms with Crippen LogP contribution in [-0.4, -0.2) is 43.1 Å². The third-order valence-electron chi connectivity index (χ3n) is 3.46. The zero-order valence-corrected chi connectivity index (χ0v) is 12.7. The number of nitrogens with zero attached hydrogens (tertiary/aromatic N) is 3. The van der Waals surface area contributed by atoms with Crippen LogP contribution < -0.4 is 9.64 Å². The van der Waals surface area contributed by atoms with Gasteiger partial charge >= 0.3 is 6.61 Å². The van der Waals surface area contributed by atoms with E-state index in [-0.39, 0.29) is 0 Å². The summed E-state index contributed by atoms with van der Waals surface area (Å²) in [5.41, 5.74) is 0.948. The van der Waals surface area contributed by atoms with Crippen molar-refractivity contribution in [2.45, 2.75) is 19.1 Å². The van der Waals surface area contributed by atoms with E-state index in [1.807, 2.05) is 29.2 Å². The fraction of sp³-hybridized carbons (Fsp3) is 0.429. The summed E-state index contributed by atoms with van der Waals surface area (Å²) in [5.74, 6) is 0.778. The maximum absolute atomic E-state index is 12.2. The minimum absolute atomic E-state index is 0.418. The quantitative estimate of drug-likeness (QED) is 0.845. The zero-order valence-electron chi connectivity index (χ0n) is 11.9. The molecule has 1 saturated heterocycles. The Morgan fingerprint density at radius 1 is 1.27 bits per heavy atom. The molecular formula is C14H15F2N3O2S. The molecule has 0 spiro atoms. The highest BCUT2D eigenvalue weighted by atomic mass is 32.1. The number of alkyl halides is 2. The van der Waals surface area contributed by atoms with E-state index in [1.165, 1.54) is 11.3 Å². The molecule has 0 N–H and O–H groups in total. The summed E-state index contributed by atoms with van der Waals surface area (Å²) in [5, 5.41) is 9.84. The molecule has 1 aromatic heterocycles. The number of aromatic nitrogens is 2. The Morgan fingerprint density at radius 3 is 2.73 bits per heavy atom. The van der Waals surface area contributed by atoms with Crippen LogP contribution >= 0.6 is 11.3 Å². The van der Waals surface area contributed by atoms with Crippen LogP contribution in [0.5, 0.6) is 5.75 Å². The van der Waals surface area contributed by atoms with Gasteiger partial charge in [-0.2, -0.15) is 8.78 Å². The van der Waals surface area contributed by atoms with Gasteiger partial charge < -0.3 is 14.4 Å². The van der Waals surface area contributed by atoms with Crippen molar-refractivity contribution >= 4 is 16.5 Å². The monoisotopic (exact) mass is 327 g/mol. The molecule has 0 saturated carbocycles. The number of hydrogen-bond donors (Lipinski definition) is 0. The van der Waals surface area contributed by atoms with Crippen molar-refractivity contribution in [3.05, 3.63) is 24.3 Å². The molecule has 8 heteroatoms. The number of anilines is 1. The van der Waals surface area contributed by atoms with Gasteiger partial charge in [0.05, 0.1) is 13.2 Å². The number of benzene rings is 1. The molecule has 2 aromatic rings. The molecule has 22 heavy (non-hydrogen) atoms. The first kappa shape index (κ1) is 15.1. The normalized spacial score (nSPS) is 18.2. The summed E-state index contributed by atoms with van der Waals surface area (Å²) in [6.45, 7) is -1.66. The van der Waals surface area contributed by atoms with E-state index in [0.717, 1.165) is 21.5 Å². The van der Waals surface area contributed by atoms with Crippen LogP contribution in [0.2, 0.25) is 0 Å². The average Bonchev–Trinajstić information content (AvgIpc) is 3.15. The minimum atomic E-state index is -2.73. The molecule has 1 aromatic carbocycles. The maximum Gasteiger partial charge on any atom is 0.345 e. The molecule has 0 amide bonds. The SMILES string of the molecule is COc1ccc(-c2nnc(N3CC[C@H](OC(F)F)C3)s2)cc1. The molecular weight excluding hydrogens is 312 g/mol. The Morgan fingerprint density at radius 2 is 2.05 bits per heavy atom. The number of halogens is 2. The molecule has 5 nitrogen and oxygen atoms in total. The van der Waals surface area contributed by atoms with E-state index in [1.54, 1.807) is 7.11 Å². The number of methoxy groups -OCH3 is 1. The molecule has 0 radical (unpaired) electrons. The number of rotatable bonds is 5. The van der Waals surface area contributed by atoms with Gasteiger partial charge in [-0.05, 0) is 30.7 Å².